The molecule has 0 unspecified atom stereocenters. The van der Waals surface area contributed by atoms with Gasteiger partial charge in [-0.2, -0.15) is 0 Å². The average molecular weight is 390 g/mol. The number of pyridine rings is 1. The maximum Gasteiger partial charge on any atom is 0.223 e. The van der Waals surface area contributed by atoms with Crippen molar-refractivity contribution in [1.82, 2.24) is 24.6 Å². The van der Waals surface area contributed by atoms with E-state index in [2.05, 4.69) is 50.1 Å². The number of carbonyl (C=O) groups excluding carboxylic acids is 1. The molecule has 150 valence electrons. The zero-order valence-corrected chi connectivity index (χ0v) is 16.9. The fourth-order valence-electron chi connectivity index (χ4n) is 4.11. The number of hydrogen-bond acceptors (Lipinski definition) is 4. The third-order valence-corrected chi connectivity index (χ3v) is 5.56. The molecule has 6 heteroatoms. The Hall–Kier alpha value is -3.02. The van der Waals surface area contributed by atoms with Crippen molar-refractivity contribution in [3.63, 3.8) is 0 Å². The molecule has 1 atom stereocenters. The van der Waals surface area contributed by atoms with Gasteiger partial charge in [0.25, 0.3) is 0 Å². The van der Waals surface area contributed by atoms with Gasteiger partial charge in [-0.25, -0.2) is 0 Å². The Kier molecular flexibility index (Phi) is 5.98. The van der Waals surface area contributed by atoms with Crippen molar-refractivity contribution in [3.05, 3.63) is 77.6 Å². The van der Waals surface area contributed by atoms with E-state index in [0.29, 0.717) is 19.5 Å². The highest BCUT2D eigenvalue weighted by Crippen LogP contribution is 2.25. The first-order valence-electron chi connectivity index (χ1n) is 10.3. The molecular weight excluding hydrogens is 362 g/mol. The van der Waals surface area contributed by atoms with Gasteiger partial charge in [0.1, 0.15) is 5.82 Å². The molecule has 0 fully saturated rings. The molecule has 6 nitrogen and oxygen atoms in total. The summed E-state index contributed by atoms with van der Waals surface area (Å²) in [4.78, 5) is 19.0. The lowest BCUT2D eigenvalue weighted by Gasteiger charge is -2.34. The number of benzene rings is 1. The van der Waals surface area contributed by atoms with Crippen LogP contribution in [0.3, 0.4) is 0 Å². The number of carbonyl (C=O) groups is 1. The highest BCUT2D eigenvalue weighted by Gasteiger charge is 2.30. The topological polar surface area (TPSA) is 63.9 Å². The maximum atomic E-state index is 12.9. The minimum atomic E-state index is 0.176. The Bertz CT molecular complexity index is 938. The van der Waals surface area contributed by atoms with Gasteiger partial charge in [-0.1, -0.05) is 36.4 Å². The lowest BCUT2D eigenvalue weighted by molar-refractivity contribution is -0.133. The van der Waals surface area contributed by atoms with Crippen LogP contribution in [-0.4, -0.2) is 37.1 Å². The van der Waals surface area contributed by atoms with Crippen molar-refractivity contribution in [2.24, 2.45) is 0 Å². The lowest BCUT2D eigenvalue weighted by Crippen LogP contribution is -2.42. The van der Waals surface area contributed by atoms with Gasteiger partial charge in [0.05, 0.1) is 12.6 Å². The number of aromatic nitrogens is 4. The molecule has 0 aliphatic carbocycles. The van der Waals surface area contributed by atoms with Gasteiger partial charge in [-0.15, -0.1) is 10.2 Å². The SMILES string of the molecule is Cc1nnc2n1[C@H](Cc1ccccc1)CN(C(=O)CCCCc1cccnc1)C2. The first-order valence-corrected chi connectivity index (χ1v) is 10.3. The van der Waals surface area contributed by atoms with Crippen molar-refractivity contribution < 1.29 is 4.79 Å². The van der Waals surface area contributed by atoms with Crippen LogP contribution >= 0.6 is 0 Å². The van der Waals surface area contributed by atoms with Crippen LogP contribution in [0.4, 0.5) is 0 Å². The van der Waals surface area contributed by atoms with Crippen LogP contribution in [0.15, 0.2) is 54.9 Å². The highest BCUT2D eigenvalue weighted by molar-refractivity contribution is 5.76. The normalized spacial score (nSPS) is 15.9. The summed E-state index contributed by atoms with van der Waals surface area (Å²) >= 11 is 0. The van der Waals surface area contributed by atoms with Crippen molar-refractivity contribution >= 4 is 5.91 Å². The molecule has 0 spiro atoms. The zero-order valence-electron chi connectivity index (χ0n) is 16.9. The van der Waals surface area contributed by atoms with Crippen LogP contribution in [-0.2, 0) is 24.2 Å². The van der Waals surface area contributed by atoms with Gasteiger partial charge < -0.3 is 9.47 Å². The van der Waals surface area contributed by atoms with Crippen LogP contribution in [0.25, 0.3) is 0 Å². The number of rotatable bonds is 7. The van der Waals surface area contributed by atoms with Gasteiger partial charge in [0, 0.05) is 25.4 Å². The summed E-state index contributed by atoms with van der Waals surface area (Å²) in [6.45, 7) is 3.25. The van der Waals surface area contributed by atoms with Gasteiger partial charge in [-0.3, -0.25) is 9.78 Å². The number of hydrogen-bond donors (Lipinski definition) is 0. The van der Waals surface area contributed by atoms with Crippen LogP contribution in [0.2, 0.25) is 0 Å². The second-order valence-electron chi connectivity index (χ2n) is 7.72. The van der Waals surface area contributed by atoms with Crippen molar-refractivity contribution in [1.29, 1.82) is 0 Å². The fourth-order valence-corrected chi connectivity index (χ4v) is 4.11. The predicted octanol–water partition coefficient (Wildman–Crippen LogP) is 3.52. The lowest BCUT2D eigenvalue weighted by atomic mass is 10.0. The second-order valence-corrected chi connectivity index (χ2v) is 7.72. The molecule has 1 aliphatic rings. The van der Waals surface area contributed by atoms with Crippen LogP contribution < -0.4 is 0 Å². The van der Waals surface area contributed by atoms with Crippen LogP contribution in [0.1, 0.15) is 48.1 Å². The predicted molar refractivity (Wildman–Crippen MR) is 111 cm³/mol. The molecule has 1 amide bonds. The molecule has 0 radical (unpaired) electrons. The Morgan fingerprint density at radius 1 is 1.07 bits per heavy atom. The summed E-state index contributed by atoms with van der Waals surface area (Å²) in [6.07, 6.45) is 7.98. The molecule has 2 aromatic heterocycles. The summed E-state index contributed by atoms with van der Waals surface area (Å²) < 4.78 is 2.21. The van der Waals surface area contributed by atoms with E-state index < -0.39 is 0 Å². The molecule has 29 heavy (non-hydrogen) atoms. The van der Waals surface area contributed by atoms with E-state index in [4.69, 9.17) is 0 Å². The van der Waals surface area contributed by atoms with Gasteiger partial charge >= 0.3 is 0 Å². The zero-order chi connectivity index (χ0) is 20.1. The standard InChI is InChI=1S/C23H27N5O/c1-18-25-26-22-17-27(16-21(28(18)22)14-19-8-3-2-4-9-19)23(29)12-6-5-10-20-11-7-13-24-15-20/h2-4,7-9,11,13,15,21H,5-6,10,12,14,16-17H2,1H3/t21-/m1/s1. The average Bonchev–Trinajstić information content (AvgIpc) is 3.13. The molecule has 1 aromatic carbocycles. The van der Waals surface area contributed by atoms with Gasteiger partial charge in [0.2, 0.25) is 5.91 Å². The van der Waals surface area contributed by atoms with Crippen molar-refractivity contribution in [2.45, 2.75) is 51.6 Å². The largest absolute Gasteiger partial charge is 0.333 e. The van der Waals surface area contributed by atoms with Crippen molar-refractivity contribution in [2.75, 3.05) is 6.54 Å². The first-order chi connectivity index (χ1) is 14.2. The summed E-state index contributed by atoms with van der Waals surface area (Å²) in [5.74, 6) is 2.02. The number of aryl methyl sites for hydroxylation is 2. The number of unbranched alkanes of at least 4 members (excludes halogenated alkanes) is 1. The highest BCUT2D eigenvalue weighted by atomic mass is 16.2. The van der Waals surface area contributed by atoms with Crippen molar-refractivity contribution in [3.8, 4) is 0 Å². The molecule has 0 saturated heterocycles. The monoisotopic (exact) mass is 389 g/mol. The molecule has 0 bridgehead atoms. The van der Waals surface area contributed by atoms with Gasteiger partial charge in [0.15, 0.2) is 5.82 Å². The molecule has 3 heterocycles. The maximum absolute atomic E-state index is 12.9. The van der Waals surface area contributed by atoms with E-state index in [1.54, 1.807) is 6.20 Å². The number of amides is 1. The molecule has 3 aromatic rings. The van der Waals surface area contributed by atoms with E-state index in [1.165, 1.54) is 11.1 Å². The van der Waals surface area contributed by atoms with E-state index >= 15 is 0 Å². The Morgan fingerprint density at radius 2 is 1.90 bits per heavy atom. The Labute approximate surface area is 171 Å². The minimum absolute atomic E-state index is 0.176. The minimum Gasteiger partial charge on any atom is -0.333 e. The summed E-state index contributed by atoms with van der Waals surface area (Å²) in [7, 11) is 0. The summed E-state index contributed by atoms with van der Waals surface area (Å²) in [6, 6.07) is 14.6. The van der Waals surface area contributed by atoms with E-state index in [0.717, 1.165) is 37.3 Å². The first kappa shape index (κ1) is 19.3. The quantitative estimate of drug-likeness (QED) is 0.580. The van der Waals surface area contributed by atoms with E-state index in [1.807, 2.05) is 30.2 Å². The van der Waals surface area contributed by atoms with Crippen LogP contribution in [0.5, 0.6) is 0 Å². The summed E-state index contributed by atoms with van der Waals surface area (Å²) in [5, 5.41) is 8.59. The third kappa shape index (κ3) is 4.70. The molecule has 1 aliphatic heterocycles. The second kappa shape index (κ2) is 8.99. The molecular formula is C23H27N5O. The number of nitrogens with zero attached hydrogens (tertiary/aromatic N) is 5. The van der Waals surface area contributed by atoms with E-state index in [9.17, 15) is 4.79 Å². The fraction of sp³-hybridized carbons (Fsp3) is 0.391. The Balaban J connectivity index is 1.37. The van der Waals surface area contributed by atoms with E-state index in [-0.39, 0.29) is 11.9 Å². The molecule has 4 rings (SSSR count). The van der Waals surface area contributed by atoms with Crippen LogP contribution in [0, 0.1) is 6.92 Å². The number of fused-ring (bicyclic) bond motifs is 1. The smallest absolute Gasteiger partial charge is 0.223 e. The molecule has 0 saturated carbocycles. The third-order valence-electron chi connectivity index (χ3n) is 5.56. The Morgan fingerprint density at radius 3 is 2.69 bits per heavy atom. The van der Waals surface area contributed by atoms with Gasteiger partial charge in [-0.05, 0) is 49.8 Å². The summed E-state index contributed by atoms with van der Waals surface area (Å²) in [5.41, 5.74) is 2.49. The molecule has 0 N–H and O–H groups in total.